The summed E-state index contributed by atoms with van der Waals surface area (Å²) in [7, 11) is 3.04. The van der Waals surface area contributed by atoms with Crippen LogP contribution in [-0.2, 0) is 37.9 Å². The highest BCUT2D eigenvalue weighted by Crippen LogP contribution is 2.48. The van der Waals surface area contributed by atoms with Gasteiger partial charge in [0.05, 0.1) is 14.2 Å². The molecule has 0 radical (unpaired) electrons. The Bertz CT molecular complexity index is 905. The van der Waals surface area contributed by atoms with Crippen molar-refractivity contribution in [3.63, 3.8) is 0 Å². The third kappa shape index (κ3) is 4.06. The van der Waals surface area contributed by atoms with Crippen molar-refractivity contribution in [1.29, 1.82) is 0 Å². The van der Waals surface area contributed by atoms with Crippen LogP contribution in [0, 0.1) is 0 Å². The van der Waals surface area contributed by atoms with E-state index in [-0.39, 0.29) is 6.42 Å². The highest BCUT2D eigenvalue weighted by Gasteiger charge is 2.46. The van der Waals surface area contributed by atoms with Gasteiger partial charge >= 0.3 is 11.9 Å². The molecule has 0 aliphatic carbocycles. The Labute approximate surface area is 175 Å². The topological polar surface area (TPSA) is 80.3 Å². The molecule has 0 N–H and O–H groups in total. The summed E-state index contributed by atoms with van der Waals surface area (Å²) in [6, 6.07) is 11.4. The number of hydrogen-bond donors (Lipinski definition) is 0. The standard InChI is InChI=1S/C23H26O7/c1-5-16-17(23(6-2)29-19(24)13-20(25)30-23)12-18(26-3)22(21(16)27-4)28-14-15-10-8-7-9-11-15/h7-12H,5-6,13-14H2,1-4H3. The van der Waals surface area contributed by atoms with E-state index in [1.54, 1.807) is 13.0 Å². The predicted octanol–water partition coefficient (Wildman–Crippen LogP) is 3.90. The fourth-order valence-electron chi connectivity index (χ4n) is 3.60. The largest absolute Gasteiger partial charge is 0.493 e. The first-order chi connectivity index (χ1) is 14.5. The maximum atomic E-state index is 12.0. The van der Waals surface area contributed by atoms with Crippen molar-refractivity contribution in [1.82, 2.24) is 0 Å². The molecule has 1 saturated heterocycles. The summed E-state index contributed by atoms with van der Waals surface area (Å²) in [6.07, 6.45) is 0.366. The van der Waals surface area contributed by atoms with Crippen LogP contribution in [0.1, 0.15) is 43.4 Å². The zero-order chi connectivity index (χ0) is 21.7. The summed E-state index contributed by atoms with van der Waals surface area (Å²) in [5, 5.41) is 0. The zero-order valence-corrected chi connectivity index (χ0v) is 17.7. The molecule has 0 spiro atoms. The van der Waals surface area contributed by atoms with E-state index in [0.29, 0.717) is 41.4 Å². The van der Waals surface area contributed by atoms with Gasteiger partial charge in [-0.15, -0.1) is 0 Å². The van der Waals surface area contributed by atoms with Crippen molar-refractivity contribution in [2.45, 2.75) is 45.5 Å². The minimum absolute atomic E-state index is 0.244. The molecule has 2 aromatic carbocycles. The van der Waals surface area contributed by atoms with Crippen molar-refractivity contribution >= 4 is 11.9 Å². The lowest BCUT2D eigenvalue weighted by Gasteiger charge is -2.37. The first-order valence-corrected chi connectivity index (χ1v) is 9.86. The molecule has 1 aliphatic rings. The van der Waals surface area contributed by atoms with E-state index in [1.807, 2.05) is 37.3 Å². The molecule has 3 rings (SSSR count). The molecule has 160 valence electrons. The number of benzene rings is 2. The molecule has 0 saturated carbocycles. The fourth-order valence-corrected chi connectivity index (χ4v) is 3.60. The normalized spacial score (nSPS) is 15.2. The Balaban J connectivity index is 2.11. The Hall–Kier alpha value is -3.22. The number of methoxy groups -OCH3 is 2. The van der Waals surface area contributed by atoms with Gasteiger partial charge in [-0.25, -0.2) is 0 Å². The third-order valence-electron chi connectivity index (χ3n) is 5.03. The molecule has 30 heavy (non-hydrogen) atoms. The molecule has 0 aromatic heterocycles. The second kappa shape index (κ2) is 9.07. The smallest absolute Gasteiger partial charge is 0.320 e. The fraction of sp³-hybridized carbons (Fsp3) is 0.391. The van der Waals surface area contributed by atoms with Crippen LogP contribution in [0.3, 0.4) is 0 Å². The number of ether oxygens (including phenoxy) is 5. The molecule has 1 heterocycles. The molecule has 1 fully saturated rings. The summed E-state index contributed by atoms with van der Waals surface area (Å²) in [4.78, 5) is 24.1. The quantitative estimate of drug-likeness (QED) is 0.479. The van der Waals surface area contributed by atoms with E-state index in [2.05, 4.69) is 0 Å². The molecule has 0 amide bonds. The van der Waals surface area contributed by atoms with Gasteiger partial charge in [-0.2, -0.15) is 0 Å². The van der Waals surface area contributed by atoms with Crippen LogP contribution in [0.2, 0.25) is 0 Å². The van der Waals surface area contributed by atoms with Gasteiger partial charge in [0.15, 0.2) is 11.5 Å². The molecule has 1 aliphatic heterocycles. The molecule has 0 unspecified atom stereocenters. The first kappa shape index (κ1) is 21.5. The van der Waals surface area contributed by atoms with Gasteiger partial charge in [0.1, 0.15) is 13.0 Å². The minimum atomic E-state index is -1.53. The lowest BCUT2D eigenvalue weighted by Crippen LogP contribution is -2.43. The number of cyclic esters (lactones) is 2. The number of esters is 2. The van der Waals surface area contributed by atoms with Gasteiger partial charge in [-0.05, 0) is 18.1 Å². The summed E-state index contributed by atoms with van der Waals surface area (Å²) in [5.74, 6) is -1.51. The summed E-state index contributed by atoms with van der Waals surface area (Å²) >= 11 is 0. The molecule has 7 heteroatoms. The van der Waals surface area contributed by atoms with E-state index in [0.717, 1.165) is 5.56 Å². The van der Waals surface area contributed by atoms with Gasteiger partial charge in [0, 0.05) is 17.5 Å². The Morgan fingerprint density at radius 3 is 2.17 bits per heavy atom. The predicted molar refractivity (Wildman–Crippen MR) is 108 cm³/mol. The number of carbonyl (C=O) groups excluding carboxylic acids is 2. The van der Waals surface area contributed by atoms with Crippen molar-refractivity contribution in [3.8, 4) is 17.2 Å². The lowest BCUT2D eigenvalue weighted by atomic mass is 9.93. The van der Waals surface area contributed by atoms with Gasteiger partial charge in [0.25, 0.3) is 5.79 Å². The van der Waals surface area contributed by atoms with Crippen LogP contribution < -0.4 is 14.2 Å². The average molecular weight is 414 g/mol. The van der Waals surface area contributed by atoms with Gasteiger partial charge in [-0.3, -0.25) is 9.59 Å². The summed E-state index contributed by atoms with van der Waals surface area (Å²) < 4.78 is 28.4. The van der Waals surface area contributed by atoms with E-state index in [9.17, 15) is 9.59 Å². The third-order valence-corrected chi connectivity index (χ3v) is 5.03. The van der Waals surface area contributed by atoms with Crippen LogP contribution in [-0.4, -0.2) is 26.2 Å². The highest BCUT2D eigenvalue weighted by atomic mass is 16.7. The molecule has 2 aromatic rings. The van der Waals surface area contributed by atoms with Crippen LogP contribution >= 0.6 is 0 Å². The average Bonchev–Trinajstić information content (AvgIpc) is 2.76. The first-order valence-electron chi connectivity index (χ1n) is 9.86. The van der Waals surface area contributed by atoms with Crippen molar-refractivity contribution in [2.75, 3.05) is 14.2 Å². The maximum Gasteiger partial charge on any atom is 0.320 e. The number of rotatable bonds is 8. The Morgan fingerprint density at radius 1 is 0.967 bits per heavy atom. The van der Waals surface area contributed by atoms with E-state index >= 15 is 0 Å². The lowest BCUT2D eigenvalue weighted by molar-refractivity contribution is -0.251. The van der Waals surface area contributed by atoms with Crippen LogP contribution in [0.5, 0.6) is 17.2 Å². The van der Waals surface area contributed by atoms with E-state index in [4.69, 9.17) is 23.7 Å². The number of hydrogen-bond acceptors (Lipinski definition) is 7. The van der Waals surface area contributed by atoms with Crippen molar-refractivity contribution in [2.24, 2.45) is 0 Å². The second-order valence-corrected chi connectivity index (χ2v) is 6.83. The van der Waals surface area contributed by atoms with Gasteiger partial charge in [-0.1, -0.05) is 44.2 Å². The van der Waals surface area contributed by atoms with E-state index < -0.39 is 24.1 Å². The van der Waals surface area contributed by atoms with Crippen LogP contribution in [0.25, 0.3) is 0 Å². The van der Waals surface area contributed by atoms with Crippen molar-refractivity contribution in [3.05, 3.63) is 53.1 Å². The minimum Gasteiger partial charge on any atom is -0.493 e. The monoisotopic (exact) mass is 414 g/mol. The Morgan fingerprint density at radius 2 is 1.63 bits per heavy atom. The zero-order valence-electron chi connectivity index (χ0n) is 17.7. The van der Waals surface area contributed by atoms with Gasteiger partial charge < -0.3 is 23.7 Å². The second-order valence-electron chi connectivity index (χ2n) is 6.83. The maximum absolute atomic E-state index is 12.0. The highest BCUT2D eigenvalue weighted by molar-refractivity contribution is 5.93. The van der Waals surface area contributed by atoms with Crippen LogP contribution in [0.4, 0.5) is 0 Å². The molecular formula is C23H26O7. The SMILES string of the molecule is CCc1c(C2(CC)OC(=O)CC(=O)O2)cc(OC)c(OCc2ccccc2)c1OC. The summed E-state index contributed by atoms with van der Waals surface area (Å²) in [6.45, 7) is 4.04. The molecule has 0 atom stereocenters. The van der Waals surface area contributed by atoms with Crippen molar-refractivity contribution < 1.29 is 33.3 Å². The summed E-state index contributed by atoms with van der Waals surface area (Å²) in [5.41, 5.74) is 2.21. The van der Waals surface area contributed by atoms with E-state index in [1.165, 1.54) is 14.2 Å². The molecule has 7 nitrogen and oxygen atoms in total. The molecular weight excluding hydrogens is 388 g/mol. The van der Waals surface area contributed by atoms with Gasteiger partial charge in [0.2, 0.25) is 5.75 Å². The number of carbonyl (C=O) groups is 2. The molecule has 0 bridgehead atoms. The van der Waals surface area contributed by atoms with Crippen LogP contribution in [0.15, 0.2) is 36.4 Å². The Kier molecular flexibility index (Phi) is 6.50.